The van der Waals surface area contributed by atoms with Gasteiger partial charge in [-0.15, -0.1) is 11.3 Å². The van der Waals surface area contributed by atoms with Gasteiger partial charge in [-0.2, -0.15) is 0 Å². The van der Waals surface area contributed by atoms with Crippen molar-refractivity contribution < 1.29 is 0 Å². The number of nitrogens with zero attached hydrogens (tertiary/aromatic N) is 1. The lowest BCUT2D eigenvalue weighted by atomic mass is 10.2. The molecule has 0 saturated heterocycles. The van der Waals surface area contributed by atoms with E-state index in [0.29, 0.717) is 0 Å². The van der Waals surface area contributed by atoms with Crippen LogP contribution in [0.1, 0.15) is 18.9 Å². The number of aromatic nitrogens is 1. The van der Waals surface area contributed by atoms with Crippen LogP contribution in [0.4, 0.5) is 0 Å². The van der Waals surface area contributed by atoms with Crippen molar-refractivity contribution in [1.29, 1.82) is 0 Å². The fraction of sp³-hybridized carbons (Fsp3) is 0.235. The van der Waals surface area contributed by atoms with Crippen LogP contribution in [-0.4, -0.2) is 11.5 Å². The van der Waals surface area contributed by atoms with E-state index in [0.717, 1.165) is 22.9 Å². The molecule has 1 aromatic heterocycles. The topological polar surface area (TPSA) is 24.9 Å². The molecule has 0 aliphatic carbocycles. The second-order valence-corrected chi connectivity index (χ2v) is 7.22. The summed E-state index contributed by atoms with van der Waals surface area (Å²) in [6.45, 7) is 4.20. The van der Waals surface area contributed by atoms with Crippen molar-refractivity contribution in [1.82, 2.24) is 10.3 Å². The third-order valence-corrected chi connectivity index (χ3v) is 5.26. The summed E-state index contributed by atoms with van der Waals surface area (Å²) in [5.41, 5.74) is 2.42. The second kappa shape index (κ2) is 7.07. The highest BCUT2D eigenvalue weighted by atomic mass is 32.2. The van der Waals surface area contributed by atoms with Gasteiger partial charge in [0.1, 0.15) is 0 Å². The largest absolute Gasteiger partial charge is 0.313 e. The molecule has 3 rings (SSSR count). The van der Waals surface area contributed by atoms with Gasteiger partial charge in [-0.25, -0.2) is 4.98 Å². The summed E-state index contributed by atoms with van der Waals surface area (Å²) in [6.07, 6.45) is 1.17. The van der Waals surface area contributed by atoms with Crippen LogP contribution in [0.5, 0.6) is 0 Å². The standard InChI is InChI=1S/C17H18N2S2/c1-2-11-18-12-13-7-9-14(10-8-13)20-17-19-15-5-3-4-6-16(15)21-17/h3-10,18H,2,11-12H2,1H3. The monoisotopic (exact) mass is 314 g/mol. The molecule has 1 N–H and O–H groups in total. The summed E-state index contributed by atoms with van der Waals surface area (Å²) >= 11 is 3.49. The van der Waals surface area contributed by atoms with E-state index in [1.165, 1.54) is 21.6 Å². The maximum atomic E-state index is 4.66. The number of fused-ring (bicyclic) bond motifs is 1. The lowest BCUT2D eigenvalue weighted by molar-refractivity contribution is 0.675. The average molecular weight is 314 g/mol. The molecule has 0 saturated carbocycles. The third kappa shape index (κ3) is 3.84. The molecule has 0 amide bonds. The zero-order valence-corrected chi connectivity index (χ0v) is 13.6. The summed E-state index contributed by atoms with van der Waals surface area (Å²) < 4.78 is 2.36. The van der Waals surface area contributed by atoms with E-state index in [1.54, 1.807) is 23.1 Å². The molecule has 2 nitrogen and oxygen atoms in total. The van der Waals surface area contributed by atoms with Crippen molar-refractivity contribution in [2.75, 3.05) is 6.54 Å². The molecule has 0 unspecified atom stereocenters. The first kappa shape index (κ1) is 14.6. The maximum Gasteiger partial charge on any atom is 0.155 e. The number of nitrogens with one attached hydrogen (secondary N) is 1. The van der Waals surface area contributed by atoms with Crippen LogP contribution in [0.2, 0.25) is 0 Å². The molecule has 3 aromatic rings. The smallest absolute Gasteiger partial charge is 0.155 e. The molecule has 1 heterocycles. The zero-order chi connectivity index (χ0) is 14.5. The molecule has 4 heteroatoms. The SMILES string of the molecule is CCCNCc1ccc(Sc2nc3ccccc3s2)cc1. The van der Waals surface area contributed by atoms with E-state index >= 15 is 0 Å². The first-order valence-electron chi connectivity index (χ1n) is 7.18. The number of benzene rings is 2. The Morgan fingerprint density at radius 2 is 1.90 bits per heavy atom. The summed E-state index contributed by atoms with van der Waals surface area (Å²) in [5, 5.41) is 3.42. The minimum atomic E-state index is 0.944. The van der Waals surface area contributed by atoms with Crippen LogP contribution in [0.3, 0.4) is 0 Å². The van der Waals surface area contributed by atoms with Crippen molar-refractivity contribution in [2.24, 2.45) is 0 Å². The Morgan fingerprint density at radius 3 is 2.67 bits per heavy atom. The van der Waals surface area contributed by atoms with Gasteiger partial charge in [-0.3, -0.25) is 0 Å². The first-order valence-corrected chi connectivity index (χ1v) is 8.81. The van der Waals surface area contributed by atoms with E-state index in [4.69, 9.17) is 0 Å². The van der Waals surface area contributed by atoms with Crippen LogP contribution < -0.4 is 5.32 Å². The van der Waals surface area contributed by atoms with E-state index in [-0.39, 0.29) is 0 Å². The quantitative estimate of drug-likeness (QED) is 0.652. The molecule has 2 aromatic carbocycles. The van der Waals surface area contributed by atoms with E-state index in [1.807, 2.05) is 6.07 Å². The van der Waals surface area contributed by atoms with Crippen molar-refractivity contribution in [3.05, 3.63) is 54.1 Å². The minimum Gasteiger partial charge on any atom is -0.313 e. The molecule has 0 aliphatic heterocycles. The van der Waals surface area contributed by atoms with Crippen molar-refractivity contribution >= 4 is 33.3 Å². The average Bonchev–Trinajstić information content (AvgIpc) is 2.91. The molecule has 0 bridgehead atoms. The molecule has 0 atom stereocenters. The Morgan fingerprint density at radius 1 is 1.10 bits per heavy atom. The molecular formula is C17H18N2S2. The van der Waals surface area contributed by atoms with Gasteiger partial charge in [-0.05, 0) is 42.8 Å². The maximum absolute atomic E-state index is 4.66. The molecular weight excluding hydrogens is 296 g/mol. The lowest BCUT2D eigenvalue weighted by Gasteiger charge is -2.04. The lowest BCUT2D eigenvalue weighted by Crippen LogP contribution is -2.13. The van der Waals surface area contributed by atoms with Crippen molar-refractivity contribution in [3.8, 4) is 0 Å². The fourth-order valence-corrected chi connectivity index (χ4v) is 4.12. The highest BCUT2D eigenvalue weighted by Gasteiger charge is 2.05. The highest BCUT2D eigenvalue weighted by molar-refractivity contribution is 8.01. The van der Waals surface area contributed by atoms with Crippen LogP contribution in [0.25, 0.3) is 10.2 Å². The van der Waals surface area contributed by atoms with Gasteiger partial charge in [0.15, 0.2) is 4.34 Å². The van der Waals surface area contributed by atoms with E-state index < -0.39 is 0 Å². The normalized spacial score (nSPS) is 11.1. The van der Waals surface area contributed by atoms with Gasteiger partial charge in [0, 0.05) is 11.4 Å². The van der Waals surface area contributed by atoms with Gasteiger partial charge in [0.2, 0.25) is 0 Å². The van der Waals surface area contributed by atoms with Gasteiger partial charge >= 0.3 is 0 Å². The molecule has 0 aliphatic rings. The predicted molar refractivity (Wildman–Crippen MR) is 92.2 cm³/mol. The van der Waals surface area contributed by atoms with E-state index in [9.17, 15) is 0 Å². The first-order chi connectivity index (χ1) is 10.3. The van der Waals surface area contributed by atoms with Crippen LogP contribution >= 0.6 is 23.1 Å². The Bertz CT molecular complexity index is 671. The van der Waals surface area contributed by atoms with Crippen molar-refractivity contribution in [3.63, 3.8) is 0 Å². The number of thiazole rings is 1. The number of hydrogen-bond donors (Lipinski definition) is 1. The van der Waals surface area contributed by atoms with Gasteiger partial charge < -0.3 is 5.32 Å². The van der Waals surface area contributed by atoms with Crippen LogP contribution in [-0.2, 0) is 6.54 Å². The molecule has 0 spiro atoms. The molecule has 0 fully saturated rings. The molecule has 0 radical (unpaired) electrons. The second-order valence-electron chi connectivity index (χ2n) is 4.87. The minimum absolute atomic E-state index is 0.944. The predicted octanol–water partition coefficient (Wildman–Crippen LogP) is 4.95. The van der Waals surface area contributed by atoms with Gasteiger partial charge in [0.05, 0.1) is 10.2 Å². The number of rotatable bonds is 6. The highest BCUT2D eigenvalue weighted by Crippen LogP contribution is 2.34. The number of para-hydroxylation sites is 1. The Balaban J connectivity index is 1.67. The van der Waals surface area contributed by atoms with Crippen LogP contribution in [0, 0.1) is 0 Å². The number of hydrogen-bond acceptors (Lipinski definition) is 4. The Hall–Kier alpha value is -1.36. The van der Waals surface area contributed by atoms with Crippen LogP contribution in [0.15, 0.2) is 57.8 Å². The summed E-state index contributed by atoms with van der Waals surface area (Å²) in [7, 11) is 0. The molecule has 108 valence electrons. The van der Waals surface area contributed by atoms with Crippen molar-refractivity contribution in [2.45, 2.75) is 29.1 Å². The fourth-order valence-electron chi connectivity index (χ4n) is 2.08. The summed E-state index contributed by atoms with van der Waals surface area (Å²) in [6, 6.07) is 17.0. The summed E-state index contributed by atoms with van der Waals surface area (Å²) in [5.74, 6) is 0. The van der Waals surface area contributed by atoms with E-state index in [2.05, 4.69) is 59.7 Å². The summed E-state index contributed by atoms with van der Waals surface area (Å²) in [4.78, 5) is 5.90. The Kier molecular flexibility index (Phi) is 4.91. The Labute approximate surface area is 133 Å². The van der Waals surface area contributed by atoms with Gasteiger partial charge in [-0.1, -0.05) is 43.0 Å². The molecule has 21 heavy (non-hydrogen) atoms. The van der Waals surface area contributed by atoms with Gasteiger partial charge in [0.25, 0.3) is 0 Å². The third-order valence-electron chi connectivity index (χ3n) is 3.16. The zero-order valence-electron chi connectivity index (χ0n) is 12.0.